The van der Waals surface area contributed by atoms with Gasteiger partial charge in [-0.3, -0.25) is 0 Å². The van der Waals surface area contributed by atoms with E-state index in [0.717, 1.165) is 0 Å². The molecule has 118 valence electrons. The fourth-order valence-electron chi connectivity index (χ4n) is 1.76. The topological polar surface area (TPSA) is 61.8 Å². The normalized spacial score (nSPS) is 12.4. The molecule has 0 aromatic heterocycles. The van der Waals surface area contributed by atoms with Gasteiger partial charge in [-0.2, -0.15) is 8.78 Å². The van der Waals surface area contributed by atoms with Crippen LogP contribution in [0, 0.1) is 0 Å². The van der Waals surface area contributed by atoms with Crippen LogP contribution in [0.4, 0.5) is 19.3 Å². The largest absolute Gasteiger partial charge is 0.435 e. The third-order valence-electron chi connectivity index (χ3n) is 2.66. The number of benzene rings is 1. The number of nitrogens with zero attached hydrogens (tertiary/aromatic N) is 1. The first-order valence-electron chi connectivity index (χ1n) is 6.60. The number of nitrogens with one attached hydrogen (secondary N) is 1. The minimum absolute atomic E-state index is 0.0329. The molecule has 0 bridgehead atoms. The minimum atomic E-state index is -2.92. The maximum atomic E-state index is 12.1. The first-order valence-corrected chi connectivity index (χ1v) is 6.60. The summed E-state index contributed by atoms with van der Waals surface area (Å²) in [4.78, 5) is 13.6. The molecule has 2 amide bonds. The molecule has 0 saturated heterocycles. The molecule has 0 fully saturated rings. The van der Waals surface area contributed by atoms with Crippen LogP contribution in [0.5, 0.6) is 5.75 Å². The van der Waals surface area contributed by atoms with Crippen molar-refractivity contribution in [1.29, 1.82) is 0 Å². The zero-order valence-corrected chi connectivity index (χ0v) is 12.2. The van der Waals surface area contributed by atoms with E-state index in [9.17, 15) is 18.7 Å². The Labute approximate surface area is 122 Å². The van der Waals surface area contributed by atoms with Gasteiger partial charge in [0.1, 0.15) is 5.75 Å². The van der Waals surface area contributed by atoms with Crippen LogP contribution in [-0.4, -0.2) is 41.3 Å². The number of carbonyl (C=O) groups is 1. The molecule has 1 aromatic carbocycles. The van der Waals surface area contributed by atoms with Crippen LogP contribution < -0.4 is 10.1 Å². The van der Waals surface area contributed by atoms with Gasteiger partial charge in [0.25, 0.3) is 0 Å². The van der Waals surface area contributed by atoms with Crippen LogP contribution in [0.2, 0.25) is 0 Å². The Balaban J connectivity index is 2.76. The first kappa shape index (κ1) is 17.2. The molecule has 5 nitrogen and oxygen atoms in total. The van der Waals surface area contributed by atoms with E-state index in [0.29, 0.717) is 5.69 Å². The monoisotopic (exact) mass is 302 g/mol. The molecule has 7 heteroatoms. The first-order chi connectivity index (χ1) is 9.79. The van der Waals surface area contributed by atoms with Gasteiger partial charge in [-0.25, -0.2) is 4.79 Å². The fraction of sp³-hybridized carbons (Fsp3) is 0.500. The van der Waals surface area contributed by atoms with Crippen molar-refractivity contribution >= 4 is 11.7 Å². The highest BCUT2D eigenvalue weighted by molar-refractivity contribution is 5.89. The van der Waals surface area contributed by atoms with Crippen LogP contribution in [0.1, 0.15) is 20.8 Å². The average Bonchev–Trinajstić information content (AvgIpc) is 2.34. The number of amides is 2. The smallest absolute Gasteiger partial charge is 0.387 e. The highest BCUT2D eigenvalue weighted by atomic mass is 19.3. The quantitative estimate of drug-likeness (QED) is 0.849. The van der Waals surface area contributed by atoms with Crippen molar-refractivity contribution in [2.75, 3.05) is 11.9 Å². The van der Waals surface area contributed by atoms with Crippen molar-refractivity contribution in [3.05, 3.63) is 24.3 Å². The molecular formula is C14H20F2N2O3. The third kappa shape index (κ3) is 5.95. The van der Waals surface area contributed by atoms with E-state index in [1.54, 1.807) is 13.0 Å². The SMILES string of the molecule is CC(O)CN(C(=O)Nc1cccc(OC(F)F)c1)C(C)C. The lowest BCUT2D eigenvalue weighted by molar-refractivity contribution is -0.0498. The molecule has 1 rings (SSSR count). The maximum absolute atomic E-state index is 12.1. The molecule has 0 aliphatic carbocycles. The molecule has 0 heterocycles. The van der Waals surface area contributed by atoms with E-state index in [1.165, 1.54) is 23.1 Å². The number of rotatable bonds is 6. The second-order valence-corrected chi connectivity index (χ2v) is 4.93. The van der Waals surface area contributed by atoms with Crippen LogP contribution in [-0.2, 0) is 0 Å². The number of ether oxygens (including phenoxy) is 1. The molecule has 0 aliphatic heterocycles. The van der Waals surface area contributed by atoms with E-state index < -0.39 is 18.7 Å². The van der Waals surface area contributed by atoms with Gasteiger partial charge in [0, 0.05) is 24.3 Å². The number of carbonyl (C=O) groups excluding carboxylic acids is 1. The summed E-state index contributed by atoms with van der Waals surface area (Å²) in [6.45, 7) is 2.48. The molecule has 1 aromatic rings. The second kappa shape index (κ2) is 7.78. The second-order valence-electron chi connectivity index (χ2n) is 4.93. The molecule has 0 saturated carbocycles. The fourth-order valence-corrected chi connectivity index (χ4v) is 1.76. The third-order valence-corrected chi connectivity index (χ3v) is 2.66. The van der Waals surface area contributed by atoms with Crippen molar-refractivity contribution in [2.45, 2.75) is 39.5 Å². The highest BCUT2D eigenvalue weighted by Crippen LogP contribution is 2.20. The van der Waals surface area contributed by atoms with Gasteiger partial charge in [-0.1, -0.05) is 6.07 Å². The van der Waals surface area contributed by atoms with Gasteiger partial charge in [-0.05, 0) is 32.9 Å². The number of aliphatic hydroxyl groups is 1. The summed E-state index contributed by atoms with van der Waals surface area (Å²) in [6, 6.07) is 5.22. The van der Waals surface area contributed by atoms with Crippen molar-refractivity contribution < 1.29 is 23.4 Å². The molecule has 2 N–H and O–H groups in total. The Morgan fingerprint density at radius 2 is 2.05 bits per heavy atom. The van der Waals surface area contributed by atoms with Gasteiger partial charge in [0.15, 0.2) is 0 Å². The molecule has 1 unspecified atom stereocenters. The predicted molar refractivity (Wildman–Crippen MR) is 75.6 cm³/mol. The standard InChI is InChI=1S/C14H20F2N2O3/c1-9(2)18(8-10(3)19)14(20)17-11-5-4-6-12(7-11)21-13(15)16/h4-7,9-10,13,19H,8H2,1-3H3,(H,17,20). The van der Waals surface area contributed by atoms with Crippen molar-refractivity contribution in [1.82, 2.24) is 4.90 Å². The lowest BCUT2D eigenvalue weighted by Gasteiger charge is -2.28. The van der Waals surface area contributed by atoms with Crippen LogP contribution in [0.25, 0.3) is 0 Å². The summed E-state index contributed by atoms with van der Waals surface area (Å²) < 4.78 is 28.6. The zero-order valence-electron chi connectivity index (χ0n) is 12.2. The summed E-state index contributed by atoms with van der Waals surface area (Å²) >= 11 is 0. The van der Waals surface area contributed by atoms with Crippen molar-refractivity contribution in [3.63, 3.8) is 0 Å². The molecule has 0 aliphatic rings. The Morgan fingerprint density at radius 1 is 1.38 bits per heavy atom. The number of anilines is 1. The number of halogens is 2. The number of urea groups is 1. The predicted octanol–water partition coefficient (Wildman–Crippen LogP) is 2.91. The number of hydrogen-bond acceptors (Lipinski definition) is 3. The average molecular weight is 302 g/mol. The van der Waals surface area contributed by atoms with Crippen molar-refractivity contribution in [2.24, 2.45) is 0 Å². The Hall–Kier alpha value is -1.89. The summed E-state index contributed by atoms with van der Waals surface area (Å²) in [5.41, 5.74) is 0.342. The van der Waals surface area contributed by atoms with Crippen LogP contribution >= 0.6 is 0 Å². The molecule has 0 spiro atoms. The molecule has 1 atom stereocenters. The molecular weight excluding hydrogens is 282 g/mol. The van der Waals surface area contributed by atoms with Crippen LogP contribution in [0.3, 0.4) is 0 Å². The van der Waals surface area contributed by atoms with E-state index in [4.69, 9.17) is 0 Å². The zero-order chi connectivity index (χ0) is 16.0. The lowest BCUT2D eigenvalue weighted by Crippen LogP contribution is -2.43. The van der Waals surface area contributed by atoms with E-state index in [1.807, 2.05) is 13.8 Å². The number of aliphatic hydroxyl groups excluding tert-OH is 1. The van der Waals surface area contributed by atoms with Gasteiger partial charge in [0.2, 0.25) is 0 Å². The Kier molecular flexibility index (Phi) is 6.36. The van der Waals surface area contributed by atoms with E-state index in [2.05, 4.69) is 10.1 Å². The van der Waals surface area contributed by atoms with E-state index >= 15 is 0 Å². The Bertz CT molecular complexity index is 467. The minimum Gasteiger partial charge on any atom is -0.435 e. The van der Waals surface area contributed by atoms with Crippen LogP contribution in [0.15, 0.2) is 24.3 Å². The lowest BCUT2D eigenvalue weighted by atomic mass is 10.2. The van der Waals surface area contributed by atoms with Gasteiger partial charge >= 0.3 is 12.6 Å². The summed E-state index contributed by atoms with van der Waals surface area (Å²) in [5, 5.41) is 12.0. The maximum Gasteiger partial charge on any atom is 0.387 e. The molecule has 0 radical (unpaired) electrons. The number of alkyl halides is 2. The summed E-state index contributed by atoms with van der Waals surface area (Å²) in [5.74, 6) is -0.0329. The molecule has 21 heavy (non-hydrogen) atoms. The highest BCUT2D eigenvalue weighted by Gasteiger charge is 2.19. The van der Waals surface area contributed by atoms with E-state index in [-0.39, 0.29) is 18.3 Å². The van der Waals surface area contributed by atoms with Gasteiger partial charge < -0.3 is 20.1 Å². The number of hydrogen-bond donors (Lipinski definition) is 2. The van der Waals surface area contributed by atoms with Crippen molar-refractivity contribution in [3.8, 4) is 5.75 Å². The van der Waals surface area contributed by atoms with Gasteiger partial charge in [0.05, 0.1) is 6.10 Å². The summed E-state index contributed by atoms with van der Waals surface area (Å²) in [7, 11) is 0. The summed E-state index contributed by atoms with van der Waals surface area (Å²) in [6.07, 6.45) is -0.661. The van der Waals surface area contributed by atoms with Gasteiger partial charge in [-0.15, -0.1) is 0 Å². The Morgan fingerprint density at radius 3 is 2.57 bits per heavy atom.